The van der Waals surface area contributed by atoms with Gasteiger partial charge in [0.1, 0.15) is 0 Å². The number of alkyl halides is 2. The van der Waals surface area contributed by atoms with Crippen molar-refractivity contribution in [2.24, 2.45) is 17.8 Å². The van der Waals surface area contributed by atoms with Gasteiger partial charge in [-0.3, -0.25) is 9.59 Å². The van der Waals surface area contributed by atoms with Crippen molar-refractivity contribution in [3.8, 4) is 0 Å². The molecule has 2 aliphatic carbocycles. The SMILES string of the molecule is O=C(ON1C(=O)c2ccccc2C1=O)C1CCC2C(CC1)C2(F)F. The number of benzene rings is 1. The van der Waals surface area contributed by atoms with E-state index in [0.717, 1.165) is 0 Å². The lowest BCUT2D eigenvalue weighted by molar-refractivity contribution is -0.174. The van der Waals surface area contributed by atoms with Crippen LogP contribution in [0.4, 0.5) is 8.78 Å². The molecular formula is C17H15F2NO4. The van der Waals surface area contributed by atoms with E-state index in [9.17, 15) is 23.2 Å². The lowest BCUT2D eigenvalue weighted by atomic mass is 9.98. The van der Waals surface area contributed by atoms with Crippen LogP contribution >= 0.6 is 0 Å². The maximum Gasteiger partial charge on any atom is 0.336 e. The van der Waals surface area contributed by atoms with Crippen molar-refractivity contribution in [3.63, 3.8) is 0 Å². The normalized spacial score (nSPS) is 30.4. The van der Waals surface area contributed by atoms with Gasteiger partial charge in [-0.2, -0.15) is 0 Å². The number of hydrogen-bond acceptors (Lipinski definition) is 4. The van der Waals surface area contributed by atoms with E-state index in [1.165, 1.54) is 12.1 Å². The smallest absolute Gasteiger partial charge is 0.329 e. The fourth-order valence-corrected chi connectivity index (χ4v) is 3.80. The Labute approximate surface area is 136 Å². The molecule has 2 atom stereocenters. The highest BCUT2D eigenvalue weighted by Gasteiger charge is 2.67. The zero-order chi connectivity index (χ0) is 17.1. The summed E-state index contributed by atoms with van der Waals surface area (Å²) in [6, 6.07) is 6.22. The van der Waals surface area contributed by atoms with Gasteiger partial charge in [0, 0.05) is 11.8 Å². The van der Waals surface area contributed by atoms with Crippen molar-refractivity contribution in [2.45, 2.75) is 31.6 Å². The molecule has 1 aliphatic heterocycles. The van der Waals surface area contributed by atoms with Crippen molar-refractivity contribution in [1.82, 2.24) is 5.06 Å². The van der Waals surface area contributed by atoms with E-state index >= 15 is 0 Å². The van der Waals surface area contributed by atoms with E-state index in [-0.39, 0.29) is 24.0 Å². The van der Waals surface area contributed by atoms with Crippen LogP contribution in [0.25, 0.3) is 0 Å². The second kappa shape index (κ2) is 5.09. The number of hydroxylamine groups is 2. The first kappa shape index (κ1) is 15.2. The maximum absolute atomic E-state index is 13.4. The standard InChI is InChI=1S/C17H15F2NO4/c18-17(19)12-7-5-9(6-8-13(12)17)16(23)24-20-14(21)10-3-1-2-4-11(10)15(20)22/h1-4,9,12-13H,5-8H2. The van der Waals surface area contributed by atoms with Crippen LogP contribution in [-0.2, 0) is 9.63 Å². The summed E-state index contributed by atoms with van der Waals surface area (Å²) in [5.74, 6) is -6.49. The number of imide groups is 1. The average Bonchev–Trinajstić information content (AvgIpc) is 3.12. The molecule has 0 saturated heterocycles. The number of hydrogen-bond donors (Lipinski definition) is 0. The van der Waals surface area contributed by atoms with Crippen LogP contribution in [0.2, 0.25) is 0 Å². The van der Waals surface area contributed by atoms with Gasteiger partial charge in [0.25, 0.3) is 17.7 Å². The van der Waals surface area contributed by atoms with Gasteiger partial charge in [0.2, 0.25) is 0 Å². The Morgan fingerprint density at radius 1 is 1.00 bits per heavy atom. The van der Waals surface area contributed by atoms with Crippen LogP contribution in [0.3, 0.4) is 0 Å². The summed E-state index contributed by atoms with van der Waals surface area (Å²) < 4.78 is 26.8. The van der Waals surface area contributed by atoms with Crippen molar-refractivity contribution in [3.05, 3.63) is 35.4 Å². The molecule has 2 fully saturated rings. The van der Waals surface area contributed by atoms with E-state index in [1.54, 1.807) is 12.1 Å². The molecule has 1 aromatic rings. The van der Waals surface area contributed by atoms with E-state index in [1.807, 2.05) is 0 Å². The van der Waals surface area contributed by atoms with Gasteiger partial charge >= 0.3 is 5.97 Å². The summed E-state index contributed by atoms with van der Waals surface area (Å²) in [7, 11) is 0. The summed E-state index contributed by atoms with van der Waals surface area (Å²) in [6.07, 6.45) is 1.11. The Bertz CT molecular complexity index is 697. The molecule has 2 unspecified atom stereocenters. The number of amides is 2. The number of halogens is 2. The average molecular weight is 335 g/mol. The van der Waals surface area contributed by atoms with Crippen LogP contribution in [0.15, 0.2) is 24.3 Å². The van der Waals surface area contributed by atoms with Crippen molar-refractivity contribution >= 4 is 17.8 Å². The van der Waals surface area contributed by atoms with E-state index in [0.29, 0.717) is 17.9 Å². The van der Waals surface area contributed by atoms with Crippen LogP contribution in [0.1, 0.15) is 46.4 Å². The Kier molecular flexibility index (Phi) is 3.23. The first-order valence-corrected chi connectivity index (χ1v) is 7.98. The van der Waals surface area contributed by atoms with Gasteiger partial charge in [0.05, 0.1) is 17.0 Å². The van der Waals surface area contributed by atoms with Crippen LogP contribution in [0, 0.1) is 17.8 Å². The molecule has 2 amide bonds. The Balaban J connectivity index is 1.43. The monoisotopic (exact) mass is 335 g/mol. The second-order valence-electron chi connectivity index (χ2n) is 6.60. The first-order chi connectivity index (χ1) is 11.4. The molecule has 24 heavy (non-hydrogen) atoms. The first-order valence-electron chi connectivity index (χ1n) is 7.98. The summed E-state index contributed by atoms with van der Waals surface area (Å²) in [4.78, 5) is 41.6. The topological polar surface area (TPSA) is 63.7 Å². The Morgan fingerprint density at radius 3 is 2.00 bits per heavy atom. The predicted octanol–water partition coefficient (Wildman–Crippen LogP) is 2.81. The number of carbonyl (C=O) groups is 3. The third-order valence-corrected chi connectivity index (χ3v) is 5.29. The third kappa shape index (κ3) is 2.14. The third-order valence-electron chi connectivity index (χ3n) is 5.29. The lowest BCUT2D eigenvalue weighted by Gasteiger charge is -2.18. The number of carbonyl (C=O) groups excluding carboxylic acids is 3. The minimum Gasteiger partial charge on any atom is -0.329 e. The fraction of sp³-hybridized carbons (Fsp3) is 0.471. The molecule has 1 aromatic carbocycles. The number of fused-ring (bicyclic) bond motifs is 2. The summed E-state index contributed by atoms with van der Waals surface area (Å²) in [5, 5.41) is 0.479. The summed E-state index contributed by atoms with van der Waals surface area (Å²) in [6.45, 7) is 0. The minimum atomic E-state index is -2.60. The minimum absolute atomic E-state index is 0.192. The lowest BCUT2D eigenvalue weighted by Crippen LogP contribution is -2.35. The van der Waals surface area contributed by atoms with E-state index in [4.69, 9.17) is 4.84 Å². The van der Waals surface area contributed by atoms with Crippen molar-refractivity contribution in [2.75, 3.05) is 0 Å². The van der Waals surface area contributed by atoms with Crippen LogP contribution in [0.5, 0.6) is 0 Å². The highest BCUT2D eigenvalue weighted by atomic mass is 19.3. The van der Waals surface area contributed by atoms with Crippen molar-refractivity contribution in [1.29, 1.82) is 0 Å². The molecule has 2 saturated carbocycles. The van der Waals surface area contributed by atoms with Gasteiger partial charge in [-0.05, 0) is 37.8 Å². The highest BCUT2D eigenvalue weighted by molar-refractivity contribution is 6.20. The molecule has 0 bridgehead atoms. The van der Waals surface area contributed by atoms with Gasteiger partial charge in [-0.1, -0.05) is 17.2 Å². The molecule has 4 rings (SSSR count). The molecule has 126 valence electrons. The Hall–Kier alpha value is -2.31. The number of rotatable bonds is 2. The highest BCUT2D eigenvalue weighted by Crippen LogP contribution is 2.61. The molecule has 3 aliphatic rings. The number of nitrogens with zero attached hydrogens (tertiary/aromatic N) is 1. The second-order valence-corrected chi connectivity index (χ2v) is 6.60. The molecule has 5 nitrogen and oxygen atoms in total. The molecule has 7 heteroatoms. The van der Waals surface area contributed by atoms with Gasteiger partial charge in [0.15, 0.2) is 0 Å². The predicted molar refractivity (Wildman–Crippen MR) is 76.9 cm³/mol. The van der Waals surface area contributed by atoms with Crippen LogP contribution in [-0.4, -0.2) is 28.8 Å². The molecule has 1 heterocycles. The van der Waals surface area contributed by atoms with E-state index < -0.39 is 41.5 Å². The molecular weight excluding hydrogens is 320 g/mol. The van der Waals surface area contributed by atoms with E-state index in [2.05, 4.69) is 0 Å². The molecule has 0 N–H and O–H groups in total. The quantitative estimate of drug-likeness (QED) is 0.780. The molecule has 0 radical (unpaired) electrons. The van der Waals surface area contributed by atoms with Gasteiger partial charge in [-0.15, -0.1) is 0 Å². The zero-order valence-electron chi connectivity index (χ0n) is 12.7. The Morgan fingerprint density at radius 2 is 1.50 bits per heavy atom. The summed E-state index contributed by atoms with van der Waals surface area (Å²) in [5.41, 5.74) is 0.383. The zero-order valence-corrected chi connectivity index (χ0v) is 12.7. The fourth-order valence-electron chi connectivity index (χ4n) is 3.80. The maximum atomic E-state index is 13.4. The molecule has 0 spiro atoms. The van der Waals surface area contributed by atoms with Gasteiger partial charge < -0.3 is 4.84 Å². The van der Waals surface area contributed by atoms with Crippen molar-refractivity contribution < 1.29 is 28.0 Å². The largest absolute Gasteiger partial charge is 0.336 e. The summed E-state index contributed by atoms with van der Waals surface area (Å²) >= 11 is 0. The molecule has 0 aromatic heterocycles. The van der Waals surface area contributed by atoms with Crippen LogP contribution < -0.4 is 0 Å². The van der Waals surface area contributed by atoms with Gasteiger partial charge in [-0.25, -0.2) is 13.6 Å².